The molecular formula is C21H27N5O6. The Labute approximate surface area is 184 Å². The molecule has 1 saturated heterocycles. The Balaban J connectivity index is 1.43. The van der Waals surface area contributed by atoms with E-state index in [2.05, 4.69) is 10.1 Å². The van der Waals surface area contributed by atoms with E-state index in [9.17, 15) is 20.3 Å². The fourth-order valence-electron chi connectivity index (χ4n) is 4.59. The summed E-state index contributed by atoms with van der Waals surface area (Å²) in [5.41, 5.74) is 4.55. The van der Waals surface area contributed by atoms with Crippen molar-refractivity contribution in [2.24, 2.45) is 5.92 Å². The van der Waals surface area contributed by atoms with Gasteiger partial charge in [0.1, 0.15) is 42.8 Å². The number of esters is 1. The largest absolute Gasteiger partial charge is 0.463 e. The minimum Gasteiger partial charge on any atom is -0.463 e. The van der Waals surface area contributed by atoms with Crippen LogP contribution in [0.1, 0.15) is 37.8 Å². The third-order valence-electron chi connectivity index (χ3n) is 6.48. The van der Waals surface area contributed by atoms with Gasteiger partial charge in [0, 0.05) is 13.5 Å². The van der Waals surface area contributed by atoms with Crippen LogP contribution >= 0.6 is 0 Å². The van der Waals surface area contributed by atoms with Gasteiger partial charge >= 0.3 is 5.97 Å². The van der Waals surface area contributed by atoms with Gasteiger partial charge in [0.15, 0.2) is 5.82 Å². The van der Waals surface area contributed by atoms with E-state index in [1.54, 1.807) is 13.2 Å². The van der Waals surface area contributed by atoms with Crippen LogP contribution in [0.5, 0.6) is 0 Å². The summed E-state index contributed by atoms with van der Waals surface area (Å²) in [7, 11) is 1.69. The number of aromatic nitrogens is 3. The van der Waals surface area contributed by atoms with Crippen LogP contribution in [-0.2, 0) is 24.6 Å². The van der Waals surface area contributed by atoms with Gasteiger partial charge in [-0.25, -0.2) is 9.50 Å². The summed E-state index contributed by atoms with van der Waals surface area (Å²) in [5, 5.41) is 35.2. The lowest BCUT2D eigenvalue weighted by Crippen LogP contribution is -2.41. The van der Waals surface area contributed by atoms with Gasteiger partial charge < -0.3 is 30.2 Å². The molecule has 1 saturated carbocycles. The summed E-state index contributed by atoms with van der Waals surface area (Å²) in [4.78, 5) is 16.2. The van der Waals surface area contributed by atoms with E-state index in [1.165, 1.54) is 16.9 Å². The molecule has 11 nitrogen and oxygen atoms in total. The Bertz CT molecular complexity index is 1010. The van der Waals surface area contributed by atoms with Gasteiger partial charge in [0.2, 0.25) is 5.60 Å². The number of hydrogen-bond donors (Lipinski definition) is 3. The second kappa shape index (κ2) is 8.99. The minimum absolute atomic E-state index is 0.192. The molecule has 2 aliphatic rings. The number of carbonyl (C=O) groups excluding carboxylic acids is 1. The lowest BCUT2D eigenvalue weighted by atomic mass is 9.85. The van der Waals surface area contributed by atoms with Gasteiger partial charge in [0.25, 0.3) is 0 Å². The van der Waals surface area contributed by atoms with Crippen molar-refractivity contribution < 1.29 is 29.2 Å². The summed E-state index contributed by atoms with van der Waals surface area (Å²) in [6.07, 6.45) is 1.22. The van der Waals surface area contributed by atoms with Crippen LogP contribution in [0.3, 0.4) is 0 Å². The van der Waals surface area contributed by atoms with Gasteiger partial charge in [0.05, 0.1) is 11.8 Å². The number of nitriles is 1. The second-order valence-corrected chi connectivity index (χ2v) is 8.37. The molecule has 0 aromatic carbocycles. The molecule has 4 atom stereocenters. The highest BCUT2D eigenvalue weighted by Crippen LogP contribution is 2.40. The molecule has 1 aliphatic heterocycles. The first-order valence-electron chi connectivity index (χ1n) is 10.6. The van der Waals surface area contributed by atoms with Crippen molar-refractivity contribution in [2.45, 2.75) is 62.1 Å². The number of fused-ring (bicyclic) bond motifs is 1. The zero-order valence-electron chi connectivity index (χ0n) is 17.8. The first-order valence-corrected chi connectivity index (χ1v) is 10.6. The fourth-order valence-corrected chi connectivity index (χ4v) is 4.59. The SMILES string of the molecule is COC1CCC(CC(=O)OC[C@H]2O[C@@](C#N)(c3ccc4c(N)ncnn34)[C@H](O)[C@@H]2O)CC1. The van der Waals surface area contributed by atoms with Crippen LogP contribution in [0.15, 0.2) is 18.5 Å². The van der Waals surface area contributed by atoms with Crippen molar-refractivity contribution in [3.8, 4) is 6.07 Å². The number of hydrogen-bond acceptors (Lipinski definition) is 10. The molecule has 4 rings (SSSR count). The number of rotatable bonds is 6. The van der Waals surface area contributed by atoms with Crippen molar-refractivity contribution in [1.82, 2.24) is 14.6 Å². The highest BCUT2D eigenvalue weighted by atomic mass is 16.6. The van der Waals surface area contributed by atoms with Crippen molar-refractivity contribution in [3.05, 3.63) is 24.2 Å². The molecule has 11 heteroatoms. The molecule has 4 N–H and O–H groups in total. The molecule has 1 aliphatic carbocycles. The molecule has 0 spiro atoms. The number of nitrogen functional groups attached to an aromatic ring is 1. The van der Waals surface area contributed by atoms with E-state index in [0.29, 0.717) is 5.52 Å². The number of methoxy groups -OCH3 is 1. The van der Waals surface area contributed by atoms with Crippen molar-refractivity contribution in [3.63, 3.8) is 0 Å². The predicted octanol–water partition coefficient (Wildman–Crippen LogP) is 0.289. The summed E-state index contributed by atoms with van der Waals surface area (Å²) < 4.78 is 17.8. The molecule has 0 amide bonds. The number of aliphatic hydroxyl groups excluding tert-OH is 2. The molecule has 0 bridgehead atoms. The standard InChI is InChI=1S/C21H27N5O6/c1-30-13-4-2-12(3-5-13)8-17(27)31-9-15-18(28)19(29)21(10-22,32-15)16-7-6-14-20(23)24-11-25-26(14)16/h6-7,11-13,15,18-19,28-29H,2-5,8-9H2,1H3,(H2,23,24,25)/t12?,13?,15-,18-,19-,21+/m1/s1. The van der Waals surface area contributed by atoms with Gasteiger partial charge in [-0.1, -0.05) is 0 Å². The van der Waals surface area contributed by atoms with E-state index < -0.39 is 29.9 Å². The van der Waals surface area contributed by atoms with Crippen LogP contribution in [0, 0.1) is 17.2 Å². The van der Waals surface area contributed by atoms with E-state index >= 15 is 0 Å². The Morgan fingerprint density at radius 2 is 2.12 bits per heavy atom. The Morgan fingerprint density at radius 3 is 2.81 bits per heavy atom. The summed E-state index contributed by atoms with van der Waals surface area (Å²) in [6.45, 7) is -0.283. The molecular weight excluding hydrogens is 418 g/mol. The lowest BCUT2D eigenvalue weighted by Gasteiger charge is -2.27. The highest BCUT2D eigenvalue weighted by Gasteiger charge is 2.57. The average molecular weight is 445 g/mol. The van der Waals surface area contributed by atoms with Gasteiger partial charge in [-0.3, -0.25) is 4.79 Å². The summed E-state index contributed by atoms with van der Waals surface area (Å²) >= 11 is 0. The zero-order chi connectivity index (χ0) is 22.9. The monoisotopic (exact) mass is 445 g/mol. The minimum atomic E-state index is -1.91. The molecule has 3 heterocycles. The number of anilines is 1. The van der Waals surface area contributed by atoms with Gasteiger partial charge in [-0.2, -0.15) is 10.4 Å². The van der Waals surface area contributed by atoms with E-state index in [1.807, 2.05) is 6.07 Å². The molecule has 172 valence electrons. The molecule has 2 aromatic rings. The third kappa shape index (κ3) is 3.91. The first-order chi connectivity index (χ1) is 15.4. The Hall–Kier alpha value is -2.78. The maximum Gasteiger partial charge on any atom is 0.306 e. The Morgan fingerprint density at radius 1 is 1.38 bits per heavy atom. The maximum absolute atomic E-state index is 12.3. The topological polar surface area (TPSA) is 165 Å². The highest BCUT2D eigenvalue weighted by molar-refractivity contribution is 5.69. The number of nitrogens with two attached hydrogens (primary N) is 1. The maximum atomic E-state index is 12.3. The number of carbonyl (C=O) groups is 1. The third-order valence-corrected chi connectivity index (χ3v) is 6.48. The number of ether oxygens (including phenoxy) is 3. The molecule has 32 heavy (non-hydrogen) atoms. The smallest absolute Gasteiger partial charge is 0.306 e. The quantitative estimate of drug-likeness (QED) is 0.526. The summed E-state index contributed by atoms with van der Waals surface area (Å²) in [6, 6.07) is 5.09. The average Bonchev–Trinajstić information content (AvgIpc) is 3.34. The first kappa shape index (κ1) is 22.4. The van der Waals surface area contributed by atoms with E-state index in [0.717, 1.165) is 25.7 Å². The van der Waals surface area contributed by atoms with Crippen LogP contribution in [0.25, 0.3) is 5.52 Å². The van der Waals surface area contributed by atoms with Crippen molar-refractivity contribution in [2.75, 3.05) is 19.5 Å². The number of nitrogens with zero attached hydrogens (tertiary/aromatic N) is 4. The van der Waals surface area contributed by atoms with Crippen LogP contribution in [-0.4, -0.2) is 68.9 Å². The van der Waals surface area contributed by atoms with Crippen LogP contribution < -0.4 is 5.73 Å². The van der Waals surface area contributed by atoms with Crippen molar-refractivity contribution >= 4 is 17.3 Å². The van der Waals surface area contributed by atoms with Crippen LogP contribution in [0.2, 0.25) is 0 Å². The van der Waals surface area contributed by atoms with E-state index in [-0.39, 0.29) is 36.6 Å². The Kier molecular flexibility index (Phi) is 6.30. The van der Waals surface area contributed by atoms with Gasteiger partial charge in [-0.05, 0) is 43.7 Å². The fraction of sp³-hybridized carbons (Fsp3) is 0.619. The predicted molar refractivity (Wildman–Crippen MR) is 110 cm³/mol. The van der Waals surface area contributed by atoms with Gasteiger partial charge in [-0.15, -0.1) is 0 Å². The molecule has 0 unspecified atom stereocenters. The second-order valence-electron chi connectivity index (χ2n) is 8.37. The summed E-state index contributed by atoms with van der Waals surface area (Å²) in [5.74, 6) is 0.0148. The lowest BCUT2D eigenvalue weighted by molar-refractivity contribution is -0.152. The van der Waals surface area contributed by atoms with Crippen LogP contribution in [0.4, 0.5) is 5.82 Å². The zero-order valence-corrected chi connectivity index (χ0v) is 17.8. The molecule has 0 radical (unpaired) electrons. The van der Waals surface area contributed by atoms with Crippen molar-refractivity contribution in [1.29, 1.82) is 5.26 Å². The molecule has 2 aromatic heterocycles. The number of aliphatic hydroxyl groups is 2. The molecule has 2 fully saturated rings. The van der Waals surface area contributed by atoms with E-state index in [4.69, 9.17) is 19.9 Å². The normalized spacial score (nSPS) is 32.6.